The molecule has 1 aromatic rings. The fourth-order valence-corrected chi connectivity index (χ4v) is 2.15. The highest BCUT2D eigenvalue weighted by atomic mass is 16.5. The third-order valence-electron chi connectivity index (χ3n) is 3.35. The molecule has 19 heavy (non-hydrogen) atoms. The van der Waals surface area contributed by atoms with Crippen molar-refractivity contribution in [2.75, 3.05) is 13.2 Å². The van der Waals surface area contributed by atoms with Gasteiger partial charge in [0.05, 0.1) is 24.9 Å². The van der Waals surface area contributed by atoms with E-state index >= 15 is 0 Å². The molecule has 1 aliphatic carbocycles. The maximum Gasteiger partial charge on any atom is 0.335 e. The predicted octanol–water partition coefficient (Wildman–Crippen LogP) is 2.73. The van der Waals surface area contributed by atoms with Gasteiger partial charge < -0.3 is 14.6 Å². The first-order valence-electron chi connectivity index (χ1n) is 6.55. The topological polar surface area (TPSA) is 55.8 Å². The van der Waals surface area contributed by atoms with Gasteiger partial charge in [0.25, 0.3) is 0 Å². The molecule has 1 fully saturated rings. The number of rotatable bonds is 4. The largest absolute Gasteiger partial charge is 0.490 e. The summed E-state index contributed by atoms with van der Waals surface area (Å²) in [4.78, 5) is 11.1. The van der Waals surface area contributed by atoms with E-state index in [9.17, 15) is 4.79 Å². The zero-order valence-electron chi connectivity index (χ0n) is 10.6. The molecule has 1 N–H and O–H groups in total. The number of carboxylic acid groups (broad SMARTS) is 1. The van der Waals surface area contributed by atoms with E-state index in [1.165, 1.54) is 0 Å². The molecule has 4 nitrogen and oxygen atoms in total. The van der Waals surface area contributed by atoms with Crippen molar-refractivity contribution in [3.8, 4) is 5.75 Å². The summed E-state index contributed by atoms with van der Waals surface area (Å²) in [5, 5.41) is 9.11. The van der Waals surface area contributed by atoms with Crippen molar-refractivity contribution in [1.29, 1.82) is 0 Å². The van der Waals surface area contributed by atoms with Crippen molar-refractivity contribution >= 4 is 11.5 Å². The summed E-state index contributed by atoms with van der Waals surface area (Å²) in [7, 11) is 0. The SMILES string of the molecule is O=C(O)c1ccc(OC2CC2)c(C2=CCOCC2)c1. The molecule has 0 bridgehead atoms. The van der Waals surface area contributed by atoms with Crippen LogP contribution in [0.1, 0.15) is 35.2 Å². The van der Waals surface area contributed by atoms with Crippen LogP contribution in [0.4, 0.5) is 0 Å². The maximum absolute atomic E-state index is 11.1. The molecule has 0 saturated heterocycles. The summed E-state index contributed by atoms with van der Waals surface area (Å²) in [6.07, 6.45) is 5.27. The van der Waals surface area contributed by atoms with E-state index < -0.39 is 5.97 Å². The molecule has 1 saturated carbocycles. The molecule has 0 amide bonds. The Morgan fingerprint density at radius 2 is 2.21 bits per heavy atom. The van der Waals surface area contributed by atoms with E-state index in [2.05, 4.69) is 0 Å². The number of benzene rings is 1. The average Bonchev–Trinajstić information content (AvgIpc) is 3.24. The number of carbonyl (C=O) groups is 1. The van der Waals surface area contributed by atoms with Gasteiger partial charge in [0.2, 0.25) is 0 Å². The van der Waals surface area contributed by atoms with E-state index in [1.807, 2.05) is 6.08 Å². The average molecular weight is 260 g/mol. The lowest BCUT2D eigenvalue weighted by Crippen LogP contribution is -2.07. The smallest absolute Gasteiger partial charge is 0.335 e. The van der Waals surface area contributed by atoms with Crippen molar-refractivity contribution in [1.82, 2.24) is 0 Å². The fraction of sp³-hybridized carbons (Fsp3) is 0.400. The second-order valence-electron chi connectivity index (χ2n) is 4.89. The second-order valence-corrected chi connectivity index (χ2v) is 4.89. The number of hydrogen-bond donors (Lipinski definition) is 1. The molecule has 1 heterocycles. The Kier molecular flexibility index (Phi) is 3.25. The van der Waals surface area contributed by atoms with Gasteiger partial charge in [0.15, 0.2) is 0 Å². The lowest BCUT2D eigenvalue weighted by atomic mass is 9.98. The summed E-state index contributed by atoms with van der Waals surface area (Å²) in [5.74, 6) is -0.118. The minimum absolute atomic E-state index is 0.297. The van der Waals surface area contributed by atoms with Crippen molar-refractivity contribution < 1.29 is 19.4 Å². The molecule has 100 valence electrons. The van der Waals surface area contributed by atoms with Crippen LogP contribution in [-0.2, 0) is 4.74 Å². The van der Waals surface area contributed by atoms with Crippen LogP contribution in [0.3, 0.4) is 0 Å². The van der Waals surface area contributed by atoms with E-state index in [0.717, 1.165) is 36.1 Å². The van der Waals surface area contributed by atoms with Gasteiger partial charge in [-0.2, -0.15) is 0 Å². The molecule has 3 rings (SSSR count). The number of hydrogen-bond acceptors (Lipinski definition) is 3. The van der Waals surface area contributed by atoms with Gasteiger partial charge in [-0.05, 0) is 43.0 Å². The van der Waals surface area contributed by atoms with Crippen LogP contribution in [0.5, 0.6) is 5.75 Å². The van der Waals surface area contributed by atoms with Crippen molar-refractivity contribution in [2.24, 2.45) is 0 Å². The van der Waals surface area contributed by atoms with E-state index in [4.69, 9.17) is 14.6 Å². The Hall–Kier alpha value is -1.81. The molecule has 2 aliphatic rings. The first-order valence-corrected chi connectivity index (χ1v) is 6.55. The molecular weight excluding hydrogens is 244 g/mol. The third-order valence-corrected chi connectivity index (χ3v) is 3.35. The van der Waals surface area contributed by atoms with Crippen LogP contribution in [0.15, 0.2) is 24.3 Å². The Morgan fingerprint density at radius 3 is 2.84 bits per heavy atom. The van der Waals surface area contributed by atoms with Gasteiger partial charge in [-0.1, -0.05) is 6.08 Å². The minimum Gasteiger partial charge on any atom is -0.490 e. The number of aromatic carboxylic acids is 1. The van der Waals surface area contributed by atoms with Crippen LogP contribution >= 0.6 is 0 Å². The van der Waals surface area contributed by atoms with Crippen LogP contribution in [0, 0.1) is 0 Å². The Balaban J connectivity index is 1.97. The highest BCUT2D eigenvalue weighted by Gasteiger charge is 2.25. The van der Waals surface area contributed by atoms with Crippen LogP contribution in [0.2, 0.25) is 0 Å². The van der Waals surface area contributed by atoms with E-state index in [-0.39, 0.29) is 0 Å². The van der Waals surface area contributed by atoms with Gasteiger partial charge in [-0.3, -0.25) is 0 Å². The van der Waals surface area contributed by atoms with Crippen molar-refractivity contribution in [3.63, 3.8) is 0 Å². The van der Waals surface area contributed by atoms with Gasteiger partial charge in [-0.15, -0.1) is 0 Å². The first-order chi connectivity index (χ1) is 9.24. The summed E-state index contributed by atoms with van der Waals surface area (Å²) < 4.78 is 11.2. The van der Waals surface area contributed by atoms with Crippen LogP contribution in [0.25, 0.3) is 5.57 Å². The summed E-state index contributed by atoms with van der Waals surface area (Å²) in [6.45, 7) is 1.25. The Bertz CT molecular complexity index is 529. The molecule has 0 radical (unpaired) electrons. The minimum atomic E-state index is -0.910. The quantitative estimate of drug-likeness (QED) is 0.904. The normalized spacial score (nSPS) is 18.8. The molecule has 1 aliphatic heterocycles. The Morgan fingerprint density at radius 1 is 1.37 bits per heavy atom. The highest BCUT2D eigenvalue weighted by molar-refractivity contribution is 5.89. The maximum atomic E-state index is 11.1. The standard InChI is InChI=1S/C15H16O4/c16-15(17)11-1-4-14(19-12-2-3-12)13(9-11)10-5-7-18-8-6-10/h1,4-5,9,12H,2-3,6-8H2,(H,16,17). The van der Waals surface area contributed by atoms with Gasteiger partial charge in [0.1, 0.15) is 5.75 Å². The number of ether oxygens (including phenoxy) is 2. The monoisotopic (exact) mass is 260 g/mol. The lowest BCUT2D eigenvalue weighted by molar-refractivity contribution is 0.0697. The van der Waals surface area contributed by atoms with Crippen LogP contribution in [-0.4, -0.2) is 30.4 Å². The molecular formula is C15H16O4. The van der Waals surface area contributed by atoms with Crippen molar-refractivity contribution in [2.45, 2.75) is 25.4 Å². The molecule has 0 spiro atoms. The molecule has 0 aromatic heterocycles. The molecule has 4 heteroatoms. The summed E-state index contributed by atoms with van der Waals surface area (Å²) >= 11 is 0. The van der Waals surface area contributed by atoms with Crippen LogP contribution < -0.4 is 4.74 Å². The van der Waals surface area contributed by atoms with Gasteiger partial charge in [-0.25, -0.2) is 4.79 Å². The van der Waals surface area contributed by atoms with E-state index in [0.29, 0.717) is 24.9 Å². The first kappa shape index (κ1) is 12.2. The third kappa shape index (κ3) is 2.79. The molecule has 1 aromatic carbocycles. The summed E-state index contributed by atoms with van der Waals surface area (Å²) in [5.41, 5.74) is 2.31. The Labute approximate surface area is 111 Å². The molecule has 0 unspecified atom stereocenters. The van der Waals surface area contributed by atoms with Gasteiger partial charge in [0, 0.05) is 5.56 Å². The highest BCUT2D eigenvalue weighted by Crippen LogP contribution is 2.35. The number of carboxylic acids is 1. The van der Waals surface area contributed by atoms with Crippen molar-refractivity contribution in [3.05, 3.63) is 35.4 Å². The zero-order valence-corrected chi connectivity index (χ0v) is 10.6. The van der Waals surface area contributed by atoms with Gasteiger partial charge >= 0.3 is 5.97 Å². The predicted molar refractivity (Wildman–Crippen MR) is 70.5 cm³/mol. The molecule has 0 atom stereocenters. The van der Waals surface area contributed by atoms with E-state index in [1.54, 1.807) is 18.2 Å². The zero-order chi connectivity index (χ0) is 13.2. The summed E-state index contributed by atoms with van der Waals surface area (Å²) in [6, 6.07) is 5.08. The fourth-order valence-electron chi connectivity index (χ4n) is 2.15. The second kappa shape index (κ2) is 5.05. The lowest BCUT2D eigenvalue weighted by Gasteiger charge is -2.18.